The lowest BCUT2D eigenvalue weighted by molar-refractivity contribution is 0.162. The third-order valence-electron chi connectivity index (χ3n) is 3.98. The Morgan fingerprint density at radius 2 is 1.68 bits per heavy atom. The van der Waals surface area contributed by atoms with Crippen LogP contribution >= 0.6 is 0 Å². The summed E-state index contributed by atoms with van der Waals surface area (Å²) >= 11 is 0. The number of aromatic nitrogens is 1. The Morgan fingerprint density at radius 1 is 1.00 bits per heavy atom. The van der Waals surface area contributed by atoms with Crippen molar-refractivity contribution in [2.24, 2.45) is 0 Å². The highest BCUT2D eigenvalue weighted by Crippen LogP contribution is 2.24. The van der Waals surface area contributed by atoms with Crippen LogP contribution in [0.2, 0.25) is 0 Å². The van der Waals surface area contributed by atoms with Crippen molar-refractivity contribution in [2.75, 3.05) is 32.1 Å². The summed E-state index contributed by atoms with van der Waals surface area (Å²) in [5.41, 5.74) is 2.29. The van der Waals surface area contributed by atoms with E-state index >= 15 is 0 Å². The summed E-state index contributed by atoms with van der Waals surface area (Å²) in [6, 6.07) is 12.4. The first-order valence-corrected chi connectivity index (χ1v) is 7.83. The Kier molecular flexibility index (Phi) is 4.59. The maximum Gasteiger partial charge on any atom is 0.127 e. The van der Waals surface area contributed by atoms with Crippen LogP contribution in [0.3, 0.4) is 0 Å². The topological polar surface area (TPSA) is 37.4 Å². The zero-order chi connectivity index (χ0) is 15.4. The van der Waals surface area contributed by atoms with Crippen molar-refractivity contribution >= 4 is 5.82 Å². The molecule has 0 spiro atoms. The fourth-order valence-corrected chi connectivity index (χ4v) is 2.65. The summed E-state index contributed by atoms with van der Waals surface area (Å²) in [6.07, 6.45) is 4.42. The lowest BCUT2D eigenvalue weighted by Gasteiger charge is -2.23. The molecular weight excluding hydrogens is 274 g/mol. The molecule has 1 aliphatic heterocycles. The monoisotopic (exact) mass is 297 g/mol. The van der Waals surface area contributed by atoms with Crippen LogP contribution in [0.25, 0.3) is 11.1 Å². The molecule has 1 saturated heterocycles. The van der Waals surface area contributed by atoms with Gasteiger partial charge in [-0.3, -0.25) is 0 Å². The molecule has 3 rings (SSSR count). The van der Waals surface area contributed by atoms with E-state index in [1.54, 1.807) is 0 Å². The van der Waals surface area contributed by atoms with Crippen molar-refractivity contribution in [3.63, 3.8) is 0 Å². The van der Waals surface area contributed by atoms with Gasteiger partial charge >= 0.3 is 0 Å². The van der Waals surface area contributed by atoms with Crippen LogP contribution < -0.4 is 15.0 Å². The first-order valence-electron chi connectivity index (χ1n) is 7.83. The number of anilines is 1. The van der Waals surface area contributed by atoms with Crippen molar-refractivity contribution in [2.45, 2.75) is 18.9 Å². The first-order chi connectivity index (χ1) is 10.7. The Morgan fingerprint density at radius 3 is 2.27 bits per heavy atom. The van der Waals surface area contributed by atoms with Gasteiger partial charge < -0.3 is 15.0 Å². The molecule has 2 heterocycles. The molecule has 1 aromatic carbocycles. The zero-order valence-corrected chi connectivity index (χ0v) is 13.2. The lowest BCUT2D eigenvalue weighted by atomic mass is 10.1. The minimum Gasteiger partial charge on any atom is -0.490 e. The first kappa shape index (κ1) is 14.9. The molecular formula is C18H23N3O. The molecule has 2 aromatic rings. The van der Waals surface area contributed by atoms with E-state index in [-0.39, 0.29) is 0 Å². The standard InChI is InChI=1S/C18H23N3O/c1-21(2)18-8-5-15(13-20-18)14-3-6-16(7-4-14)22-17-9-11-19-12-10-17/h3-8,13,17,19H,9-12H2,1-2H3. The Labute approximate surface area is 132 Å². The summed E-state index contributed by atoms with van der Waals surface area (Å²) in [5.74, 6) is 1.92. The number of piperidine rings is 1. The molecule has 1 N–H and O–H groups in total. The molecule has 0 atom stereocenters. The highest BCUT2D eigenvalue weighted by molar-refractivity contribution is 5.64. The van der Waals surface area contributed by atoms with Crippen LogP contribution in [0, 0.1) is 0 Å². The third-order valence-corrected chi connectivity index (χ3v) is 3.98. The average Bonchev–Trinajstić information content (AvgIpc) is 2.57. The van der Waals surface area contributed by atoms with E-state index in [0.29, 0.717) is 6.10 Å². The molecule has 0 bridgehead atoms. The Hall–Kier alpha value is -2.07. The molecule has 116 valence electrons. The van der Waals surface area contributed by atoms with E-state index in [2.05, 4.69) is 40.6 Å². The Balaban J connectivity index is 1.67. The second-order valence-corrected chi connectivity index (χ2v) is 5.89. The maximum absolute atomic E-state index is 6.03. The van der Waals surface area contributed by atoms with Crippen LogP contribution in [0.5, 0.6) is 5.75 Å². The van der Waals surface area contributed by atoms with Crippen LogP contribution in [-0.4, -0.2) is 38.3 Å². The molecule has 1 aliphatic rings. The van der Waals surface area contributed by atoms with E-state index < -0.39 is 0 Å². The predicted molar refractivity (Wildman–Crippen MR) is 90.5 cm³/mol. The van der Waals surface area contributed by atoms with Gasteiger partial charge in [-0.1, -0.05) is 12.1 Å². The highest BCUT2D eigenvalue weighted by Gasteiger charge is 2.14. The maximum atomic E-state index is 6.03. The second kappa shape index (κ2) is 6.79. The number of rotatable bonds is 4. The van der Waals surface area contributed by atoms with Crippen molar-refractivity contribution in [1.29, 1.82) is 0 Å². The normalized spacial score (nSPS) is 15.5. The van der Waals surface area contributed by atoms with Crippen LogP contribution in [0.15, 0.2) is 42.6 Å². The highest BCUT2D eigenvalue weighted by atomic mass is 16.5. The number of pyridine rings is 1. The summed E-state index contributed by atoms with van der Waals surface area (Å²) in [7, 11) is 3.99. The van der Waals surface area contributed by atoms with Gasteiger partial charge in [0.1, 0.15) is 17.7 Å². The number of nitrogens with one attached hydrogen (secondary N) is 1. The second-order valence-electron chi connectivity index (χ2n) is 5.89. The predicted octanol–water partition coefficient (Wildman–Crippen LogP) is 2.95. The number of hydrogen-bond acceptors (Lipinski definition) is 4. The SMILES string of the molecule is CN(C)c1ccc(-c2ccc(OC3CCNCC3)cc2)cn1. The fraction of sp³-hybridized carbons (Fsp3) is 0.389. The fourth-order valence-electron chi connectivity index (χ4n) is 2.65. The molecule has 4 nitrogen and oxygen atoms in total. The van der Waals surface area contributed by atoms with Gasteiger partial charge in [0.15, 0.2) is 0 Å². The molecule has 0 amide bonds. The molecule has 4 heteroatoms. The third kappa shape index (κ3) is 3.57. The molecule has 0 saturated carbocycles. The van der Waals surface area contributed by atoms with Crippen molar-refractivity contribution in [1.82, 2.24) is 10.3 Å². The van der Waals surface area contributed by atoms with E-state index in [4.69, 9.17) is 4.74 Å². The van der Waals surface area contributed by atoms with Gasteiger partial charge in [-0.25, -0.2) is 4.98 Å². The largest absolute Gasteiger partial charge is 0.490 e. The number of hydrogen-bond donors (Lipinski definition) is 1. The van der Waals surface area contributed by atoms with E-state index in [0.717, 1.165) is 48.6 Å². The average molecular weight is 297 g/mol. The van der Waals surface area contributed by atoms with Gasteiger partial charge in [-0.2, -0.15) is 0 Å². The molecule has 0 unspecified atom stereocenters. The summed E-state index contributed by atoms with van der Waals surface area (Å²) in [5, 5.41) is 3.35. The quantitative estimate of drug-likeness (QED) is 0.941. The van der Waals surface area contributed by atoms with Crippen molar-refractivity contribution in [3.05, 3.63) is 42.6 Å². The zero-order valence-electron chi connectivity index (χ0n) is 13.2. The van der Waals surface area contributed by atoms with Gasteiger partial charge in [-0.05, 0) is 55.8 Å². The van der Waals surface area contributed by atoms with Gasteiger partial charge in [-0.15, -0.1) is 0 Å². The summed E-state index contributed by atoms with van der Waals surface area (Å²) in [4.78, 5) is 6.46. The summed E-state index contributed by atoms with van der Waals surface area (Å²) < 4.78 is 6.03. The Bertz CT molecular complexity index is 587. The van der Waals surface area contributed by atoms with Crippen molar-refractivity contribution in [3.8, 4) is 16.9 Å². The number of nitrogens with zero attached hydrogens (tertiary/aromatic N) is 2. The minimum absolute atomic E-state index is 0.341. The number of ether oxygens (including phenoxy) is 1. The van der Waals surface area contributed by atoms with Gasteiger partial charge in [0.25, 0.3) is 0 Å². The van der Waals surface area contributed by atoms with E-state index in [1.807, 2.05) is 31.3 Å². The lowest BCUT2D eigenvalue weighted by Crippen LogP contribution is -2.34. The van der Waals surface area contributed by atoms with E-state index in [9.17, 15) is 0 Å². The van der Waals surface area contributed by atoms with Crippen LogP contribution in [0.1, 0.15) is 12.8 Å². The molecule has 1 fully saturated rings. The molecule has 0 radical (unpaired) electrons. The minimum atomic E-state index is 0.341. The molecule has 1 aromatic heterocycles. The van der Waals surface area contributed by atoms with Gasteiger partial charge in [0.2, 0.25) is 0 Å². The number of benzene rings is 1. The van der Waals surface area contributed by atoms with Gasteiger partial charge in [0.05, 0.1) is 0 Å². The van der Waals surface area contributed by atoms with E-state index in [1.165, 1.54) is 0 Å². The summed E-state index contributed by atoms with van der Waals surface area (Å²) in [6.45, 7) is 2.10. The van der Waals surface area contributed by atoms with Crippen LogP contribution in [0.4, 0.5) is 5.82 Å². The smallest absolute Gasteiger partial charge is 0.127 e. The molecule has 22 heavy (non-hydrogen) atoms. The van der Waals surface area contributed by atoms with Crippen molar-refractivity contribution < 1.29 is 4.74 Å². The van der Waals surface area contributed by atoms with Gasteiger partial charge in [0, 0.05) is 25.9 Å². The van der Waals surface area contributed by atoms with Crippen LogP contribution in [-0.2, 0) is 0 Å². The molecule has 0 aliphatic carbocycles.